The molecule has 0 bridgehead atoms. The summed E-state index contributed by atoms with van der Waals surface area (Å²) in [4.78, 5) is 12.1. The van der Waals surface area contributed by atoms with Gasteiger partial charge in [0.1, 0.15) is 0 Å². The third kappa shape index (κ3) is 2.27. The van der Waals surface area contributed by atoms with E-state index in [1.54, 1.807) is 0 Å². The average molecular weight is 244 g/mol. The number of aryl methyl sites for hydroxylation is 1. The number of rotatable bonds is 2. The number of carbonyl (C=O) groups is 1. The smallest absolute Gasteiger partial charge is 0.228 e. The van der Waals surface area contributed by atoms with E-state index >= 15 is 0 Å². The van der Waals surface area contributed by atoms with Gasteiger partial charge in [0.25, 0.3) is 0 Å². The van der Waals surface area contributed by atoms with E-state index in [1.807, 2.05) is 6.07 Å². The van der Waals surface area contributed by atoms with E-state index in [9.17, 15) is 4.79 Å². The molecule has 3 nitrogen and oxygen atoms in total. The molecule has 3 heteroatoms. The fraction of sp³-hybridized carbons (Fsp3) is 0.533. The molecule has 96 valence electrons. The van der Waals surface area contributed by atoms with Crippen molar-refractivity contribution in [3.05, 3.63) is 29.3 Å². The van der Waals surface area contributed by atoms with Crippen LogP contribution in [0.25, 0.3) is 0 Å². The van der Waals surface area contributed by atoms with Crippen LogP contribution in [0.15, 0.2) is 18.2 Å². The van der Waals surface area contributed by atoms with E-state index in [-0.39, 0.29) is 11.8 Å². The highest BCUT2D eigenvalue weighted by Crippen LogP contribution is 2.28. The van der Waals surface area contributed by atoms with Crippen LogP contribution in [0.1, 0.15) is 30.4 Å². The van der Waals surface area contributed by atoms with Crippen LogP contribution in [0.2, 0.25) is 0 Å². The lowest BCUT2D eigenvalue weighted by Gasteiger charge is -2.20. The quantitative estimate of drug-likeness (QED) is 0.836. The summed E-state index contributed by atoms with van der Waals surface area (Å²) in [6.07, 6.45) is 5.74. The van der Waals surface area contributed by atoms with Crippen molar-refractivity contribution in [1.82, 2.24) is 5.32 Å². The maximum absolute atomic E-state index is 12.1. The average Bonchev–Trinajstić information content (AvgIpc) is 2.93. The third-order valence-corrected chi connectivity index (χ3v) is 4.08. The molecule has 2 aliphatic rings. The Morgan fingerprint density at radius 3 is 3.00 bits per heavy atom. The first-order chi connectivity index (χ1) is 8.84. The number of hydrogen-bond acceptors (Lipinski definition) is 2. The molecule has 0 spiro atoms. The molecule has 1 atom stereocenters. The van der Waals surface area contributed by atoms with Crippen molar-refractivity contribution in [2.45, 2.75) is 32.1 Å². The first-order valence-corrected chi connectivity index (χ1v) is 6.97. The second-order valence-electron chi connectivity index (χ2n) is 5.33. The number of anilines is 1. The molecule has 1 aliphatic heterocycles. The standard InChI is InChI=1S/C15H20N2O/c18-15(12-8-9-16-10-12)17-14-7-3-5-11-4-1-2-6-13(11)14/h3,5,7,12,16H,1-2,4,6,8-10H2,(H,17,18). The van der Waals surface area contributed by atoms with Crippen LogP contribution in [-0.4, -0.2) is 19.0 Å². The van der Waals surface area contributed by atoms with Gasteiger partial charge in [-0.05, 0) is 55.8 Å². The lowest BCUT2D eigenvalue weighted by atomic mass is 9.90. The zero-order valence-electron chi connectivity index (χ0n) is 10.7. The van der Waals surface area contributed by atoms with E-state index in [1.165, 1.54) is 24.0 Å². The van der Waals surface area contributed by atoms with Crippen LogP contribution in [0, 0.1) is 5.92 Å². The zero-order chi connectivity index (χ0) is 12.4. The van der Waals surface area contributed by atoms with Gasteiger partial charge in [0.05, 0.1) is 5.92 Å². The molecule has 1 unspecified atom stereocenters. The number of benzene rings is 1. The molecule has 1 fully saturated rings. The second kappa shape index (κ2) is 5.11. The minimum atomic E-state index is 0.143. The van der Waals surface area contributed by atoms with Gasteiger partial charge in [-0.2, -0.15) is 0 Å². The van der Waals surface area contributed by atoms with Gasteiger partial charge in [-0.15, -0.1) is 0 Å². The molecular weight excluding hydrogens is 224 g/mol. The van der Waals surface area contributed by atoms with Gasteiger partial charge < -0.3 is 10.6 Å². The second-order valence-corrected chi connectivity index (χ2v) is 5.33. The first kappa shape index (κ1) is 11.7. The highest BCUT2D eigenvalue weighted by Gasteiger charge is 2.23. The first-order valence-electron chi connectivity index (χ1n) is 6.97. The van der Waals surface area contributed by atoms with E-state index in [0.29, 0.717) is 0 Å². The predicted octanol–water partition coefficient (Wildman–Crippen LogP) is 2.11. The van der Waals surface area contributed by atoms with Crippen molar-refractivity contribution in [3.8, 4) is 0 Å². The van der Waals surface area contributed by atoms with Gasteiger partial charge >= 0.3 is 0 Å². The predicted molar refractivity (Wildman–Crippen MR) is 72.7 cm³/mol. The van der Waals surface area contributed by atoms with Crippen LogP contribution in [0.4, 0.5) is 5.69 Å². The van der Waals surface area contributed by atoms with Crippen LogP contribution in [0.3, 0.4) is 0 Å². The molecule has 1 aromatic carbocycles. The normalized spacial score (nSPS) is 22.6. The van der Waals surface area contributed by atoms with E-state index in [4.69, 9.17) is 0 Å². The Kier molecular flexibility index (Phi) is 3.33. The van der Waals surface area contributed by atoms with Crippen molar-refractivity contribution in [1.29, 1.82) is 0 Å². The lowest BCUT2D eigenvalue weighted by molar-refractivity contribution is -0.119. The Labute approximate surface area is 108 Å². The van der Waals surface area contributed by atoms with E-state index in [0.717, 1.165) is 38.0 Å². The van der Waals surface area contributed by atoms with Crippen molar-refractivity contribution < 1.29 is 4.79 Å². The Morgan fingerprint density at radius 1 is 1.28 bits per heavy atom. The molecule has 0 saturated carbocycles. The number of carbonyl (C=O) groups excluding carboxylic acids is 1. The maximum atomic E-state index is 12.1. The zero-order valence-corrected chi connectivity index (χ0v) is 10.7. The Bertz CT molecular complexity index is 450. The summed E-state index contributed by atoms with van der Waals surface area (Å²) < 4.78 is 0. The number of nitrogens with one attached hydrogen (secondary N) is 2. The summed E-state index contributed by atoms with van der Waals surface area (Å²) in [6.45, 7) is 1.78. The van der Waals surface area contributed by atoms with Crippen LogP contribution in [-0.2, 0) is 17.6 Å². The van der Waals surface area contributed by atoms with Crippen molar-refractivity contribution in [2.75, 3.05) is 18.4 Å². The van der Waals surface area contributed by atoms with E-state index < -0.39 is 0 Å². The molecule has 3 rings (SSSR count). The molecule has 2 N–H and O–H groups in total. The van der Waals surface area contributed by atoms with Crippen LogP contribution < -0.4 is 10.6 Å². The van der Waals surface area contributed by atoms with Crippen molar-refractivity contribution >= 4 is 11.6 Å². The molecule has 0 radical (unpaired) electrons. The monoisotopic (exact) mass is 244 g/mol. The summed E-state index contributed by atoms with van der Waals surface area (Å²) in [5.74, 6) is 0.323. The van der Waals surface area contributed by atoms with Crippen LogP contribution >= 0.6 is 0 Å². The summed E-state index contributed by atoms with van der Waals surface area (Å²) in [7, 11) is 0. The number of hydrogen-bond donors (Lipinski definition) is 2. The lowest BCUT2D eigenvalue weighted by Crippen LogP contribution is -2.25. The van der Waals surface area contributed by atoms with E-state index in [2.05, 4.69) is 22.8 Å². The van der Waals surface area contributed by atoms with Gasteiger partial charge in [0, 0.05) is 12.2 Å². The Morgan fingerprint density at radius 2 is 2.17 bits per heavy atom. The van der Waals surface area contributed by atoms with Gasteiger partial charge in [0.15, 0.2) is 0 Å². The molecule has 1 aliphatic carbocycles. The summed E-state index contributed by atoms with van der Waals surface area (Å²) in [5.41, 5.74) is 3.83. The molecule has 1 amide bonds. The molecule has 1 saturated heterocycles. The molecule has 0 aromatic heterocycles. The maximum Gasteiger partial charge on any atom is 0.228 e. The van der Waals surface area contributed by atoms with Gasteiger partial charge in [-0.3, -0.25) is 4.79 Å². The number of amides is 1. The molecular formula is C15H20N2O. The Hall–Kier alpha value is -1.35. The Balaban J connectivity index is 1.77. The minimum absolute atomic E-state index is 0.143. The largest absolute Gasteiger partial charge is 0.326 e. The summed E-state index contributed by atoms with van der Waals surface area (Å²) in [5, 5.41) is 6.37. The van der Waals surface area contributed by atoms with Crippen molar-refractivity contribution in [3.63, 3.8) is 0 Å². The van der Waals surface area contributed by atoms with Crippen LogP contribution in [0.5, 0.6) is 0 Å². The SMILES string of the molecule is O=C(Nc1cccc2c1CCCC2)C1CCNC1. The highest BCUT2D eigenvalue weighted by atomic mass is 16.1. The topological polar surface area (TPSA) is 41.1 Å². The van der Waals surface area contributed by atoms with Gasteiger partial charge in [-0.25, -0.2) is 0 Å². The summed E-state index contributed by atoms with van der Waals surface area (Å²) in [6, 6.07) is 6.30. The minimum Gasteiger partial charge on any atom is -0.326 e. The number of fused-ring (bicyclic) bond motifs is 1. The molecule has 1 aromatic rings. The fourth-order valence-corrected chi connectivity index (χ4v) is 3.01. The third-order valence-electron chi connectivity index (χ3n) is 4.08. The van der Waals surface area contributed by atoms with Gasteiger partial charge in [-0.1, -0.05) is 12.1 Å². The summed E-state index contributed by atoms with van der Waals surface area (Å²) >= 11 is 0. The molecule has 1 heterocycles. The fourth-order valence-electron chi connectivity index (χ4n) is 3.01. The van der Waals surface area contributed by atoms with Crippen molar-refractivity contribution in [2.24, 2.45) is 5.92 Å². The molecule has 18 heavy (non-hydrogen) atoms. The van der Waals surface area contributed by atoms with Gasteiger partial charge in [0.2, 0.25) is 5.91 Å². The highest BCUT2D eigenvalue weighted by molar-refractivity contribution is 5.93.